The minimum Gasteiger partial charge on any atom is -0.489 e. The van der Waals surface area contributed by atoms with Crippen molar-refractivity contribution < 1.29 is 4.74 Å². The van der Waals surface area contributed by atoms with E-state index in [0.29, 0.717) is 6.61 Å². The molecule has 128 valence electrons. The Morgan fingerprint density at radius 3 is 2.36 bits per heavy atom. The van der Waals surface area contributed by atoms with Crippen molar-refractivity contribution in [3.8, 4) is 16.9 Å². The molecule has 3 rings (SSSR count). The van der Waals surface area contributed by atoms with Crippen LogP contribution in [0, 0.1) is 6.92 Å². The highest BCUT2D eigenvalue weighted by molar-refractivity contribution is 5.65. The van der Waals surface area contributed by atoms with E-state index in [2.05, 4.69) is 79.8 Å². The van der Waals surface area contributed by atoms with Crippen molar-refractivity contribution in [1.82, 2.24) is 0 Å². The van der Waals surface area contributed by atoms with Crippen LogP contribution in [0.4, 0.5) is 5.69 Å². The molecule has 3 aromatic carbocycles. The smallest absolute Gasteiger partial charge is 0.120 e. The molecule has 0 atom stereocenters. The first kappa shape index (κ1) is 17.1. The second kappa shape index (κ2) is 7.89. The summed E-state index contributed by atoms with van der Waals surface area (Å²) in [5.74, 6) is 0.891. The average Bonchev–Trinajstić information content (AvgIpc) is 2.67. The molecule has 25 heavy (non-hydrogen) atoms. The van der Waals surface area contributed by atoms with Crippen LogP contribution in [0.3, 0.4) is 0 Å². The van der Waals surface area contributed by atoms with Crippen molar-refractivity contribution in [3.05, 3.63) is 83.4 Å². The first-order valence-electron chi connectivity index (χ1n) is 8.79. The minimum absolute atomic E-state index is 0.557. The van der Waals surface area contributed by atoms with E-state index in [4.69, 9.17) is 4.74 Å². The summed E-state index contributed by atoms with van der Waals surface area (Å²) in [5, 5.41) is 3.24. The van der Waals surface area contributed by atoms with Crippen LogP contribution in [0.5, 0.6) is 5.75 Å². The lowest BCUT2D eigenvalue weighted by atomic mass is 10.0. The van der Waals surface area contributed by atoms with Crippen LogP contribution in [0.15, 0.2) is 66.7 Å². The molecule has 0 saturated heterocycles. The van der Waals surface area contributed by atoms with E-state index in [9.17, 15) is 0 Å². The Balaban J connectivity index is 1.78. The summed E-state index contributed by atoms with van der Waals surface area (Å²) < 4.78 is 6.08. The Kier molecular flexibility index (Phi) is 5.39. The minimum atomic E-state index is 0.557. The quantitative estimate of drug-likeness (QED) is 0.612. The molecule has 0 saturated carbocycles. The molecular weight excluding hydrogens is 306 g/mol. The predicted molar refractivity (Wildman–Crippen MR) is 106 cm³/mol. The van der Waals surface area contributed by atoms with Gasteiger partial charge >= 0.3 is 0 Å². The van der Waals surface area contributed by atoms with Gasteiger partial charge in [-0.05, 0) is 53.8 Å². The van der Waals surface area contributed by atoms with Gasteiger partial charge in [-0.15, -0.1) is 0 Å². The topological polar surface area (TPSA) is 21.3 Å². The van der Waals surface area contributed by atoms with Gasteiger partial charge in [0, 0.05) is 18.3 Å². The van der Waals surface area contributed by atoms with Gasteiger partial charge in [0.2, 0.25) is 0 Å². The largest absolute Gasteiger partial charge is 0.489 e. The summed E-state index contributed by atoms with van der Waals surface area (Å²) in [6.45, 7) is 4.85. The number of anilines is 1. The number of hydrogen-bond donors (Lipinski definition) is 1. The third-order valence-corrected chi connectivity index (χ3v) is 4.59. The molecule has 2 nitrogen and oxygen atoms in total. The van der Waals surface area contributed by atoms with Gasteiger partial charge in [-0.2, -0.15) is 0 Å². The summed E-state index contributed by atoms with van der Waals surface area (Å²) >= 11 is 0. The Morgan fingerprint density at radius 1 is 0.880 bits per heavy atom. The summed E-state index contributed by atoms with van der Waals surface area (Å²) in [5.41, 5.74) is 7.30. The molecule has 0 unspecified atom stereocenters. The van der Waals surface area contributed by atoms with Gasteiger partial charge in [-0.25, -0.2) is 0 Å². The molecule has 2 heteroatoms. The zero-order valence-corrected chi connectivity index (χ0v) is 15.2. The van der Waals surface area contributed by atoms with Crippen molar-refractivity contribution in [2.45, 2.75) is 26.9 Å². The molecule has 0 aliphatic heterocycles. The van der Waals surface area contributed by atoms with E-state index in [1.165, 1.54) is 27.8 Å². The Hall–Kier alpha value is -2.74. The third-order valence-electron chi connectivity index (χ3n) is 4.59. The van der Waals surface area contributed by atoms with E-state index < -0.39 is 0 Å². The second-order valence-corrected chi connectivity index (χ2v) is 6.22. The van der Waals surface area contributed by atoms with Gasteiger partial charge in [0.25, 0.3) is 0 Å². The van der Waals surface area contributed by atoms with E-state index in [0.717, 1.165) is 17.9 Å². The van der Waals surface area contributed by atoms with E-state index in [-0.39, 0.29) is 0 Å². The molecule has 0 spiro atoms. The number of aryl methyl sites for hydroxylation is 2. The molecular formula is C23H25NO. The van der Waals surface area contributed by atoms with E-state index >= 15 is 0 Å². The fourth-order valence-electron chi connectivity index (χ4n) is 2.98. The molecule has 0 aromatic heterocycles. The maximum atomic E-state index is 6.08. The molecule has 3 aromatic rings. The number of ether oxygens (including phenoxy) is 1. The fourth-order valence-corrected chi connectivity index (χ4v) is 2.98. The monoisotopic (exact) mass is 331 g/mol. The molecule has 0 radical (unpaired) electrons. The molecule has 0 fully saturated rings. The van der Waals surface area contributed by atoms with Crippen LogP contribution in [0.25, 0.3) is 11.1 Å². The zero-order valence-electron chi connectivity index (χ0n) is 15.2. The highest BCUT2D eigenvalue weighted by atomic mass is 16.5. The van der Waals surface area contributed by atoms with Gasteiger partial charge in [-0.1, -0.05) is 55.5 Å². The van der Waals surface area contributed by atoms with Crippen LogP contribution >= 0.6 is 0 Å². The highest BCUT2D eigenvalue weighted by Crippen LogP contribution is 2.26. The van der Waals surface area contributed by atoms with Crippen molar-refractivity contribution in [2.24, 2.45) is 0 Å². The number of nitrogens with one attached hydrogen (secondary N) is 1. The van der Waals surface area contributed by atoms with Crippen LogP contribution in [0.2, 0.25) is 0 Å². The molecule has 0 heterocycles. The molecule has 0 aliphatic rings. The lowest BCUT2D eigenvalue weighted by molar-refractivity contribution is 0.306. The van der Waals surface area contributed by atoms with E-state index in [1.54, 1.807) is 0 Å². The maximum absolute atomic E-state index is 6.08. The standard InChI is InChI=1S/C23H25NO/c1-4-18-11-13-19(14-12-18)20-8-6-9-21(15-20)25-16-22-17(2)7-5-10-23(22)24-3/h5-15,24H,4,16H2,1-3H3. The second-order valence-electron chi connectivity index (χ2n) is 6.22. The fraction of sp³-hybridized carbons (Fsp3) is 0.217. The lowest BCUT2D eigenvalue weighted by Gasteiger charge is -2.14. The number of benzene rings is 3. The van der Waals surface area contributed by atoms with Crippen LogP contribution in [-0.2, 0) is 13.0 Å². The van der Waals surface area contributed by atoms with Crippen molar-refractivity contribution in [1.29, 1.82) is 0 Å². The molecule has 0 amide bonds. The third kappa shape index (κ3) is 4.03. The zero-order chi connectivity index (χ0) is 17.6. The summed E-state index contributed by atoms with van der Waals surface area (Å²) in [7, 11) is 1.94. The van der Waals surface area contributed by atoms with Gasteiger partial charge in [0.15, 0.2) is 0 Å². The van der Waals surface area contributed by atoms with Crippen LogP contribution in [-0.4, -0.2) is 7.05 Å². The van der Waals surface area contributed by atoms with Crippen LogP contribution < -0.4 is 10.1 Å². The van der Waals surface area contributed by atoms with Gasteiger partial charge < -0.3 is 10.1 Å². The first-order chi connectivity index (χ1) is 12.2. The van der Waals surface area contributed by atoms with Gasteiger partial charge in [-0.3, -0.25) is 0 Å². The molecule has 0 aliphatic carbocycles. The summed E-state index contributed by atoms with van der Waals surface area (Å²) in [4.78, 5) is 0. The number of hydrogen-bond acceptors (Lipinski definition) is 2. The van der Waals surface area contributed by atoms with Crippen LogP contribution in [0.1, 0.15) is 23.6 Å². The Bertz CT molecular complexity index is 837. The lowest BCUT2D eigenvalue weighted by Crippen LogP contribution is -2.03. The Morgan fingerprint density at radius 2 is 1.64 bits per heavy atom. The summed E-state index contributed by atoms with van der Waals surface area (Å²) in [6.07, 6.45) is 1.06. The van der Waals surface area contributed by atoms with Gasteiger partial charge in [0.05, 0.1) is 0 Å². The SMILES string of the molecule is CCc1ccc(-c2cccc(OCc3c(C)cccc3NC)c2)cc1. The summed E-state index contributed by atoms with van der Waals surface area (Å²) in [6, 6.07) is 23.3. The van der Waals surface area contributed by atoms with Crippen molar-refractivity contribution in [2.75, 3.05) is 12.4 Å². The Labute approximate surface area is 150 Å². The molecule has 1 N–H and O–H groups in total. The first-order valence-corrected chi connectivity index (χ1v) is 8.79. The van der Waals surface area contributed by atoms with E-state index in [1.807, 2.05) is 13.1 Å². The van der Waals surface area contributed by atoms with Crippen molar-refractivity contribution in [3.63, 3.8) is 0 Å². The highest BCUT2D eigenvalue weighted by Gasteiger charge is 2.06. The molecule has 0 bridgehead atoms. The maximum Gasteiger partial charge on any atom is 0.120 e. The number of rotatable bonds is 6. The predicted octanol–water partition coefficient (Wildman–Crippen LogP) is 5.85. The average molecular weight is 331 g/mol. The van der Waals surface area contributed by atoms with Crippen molar-refractivity contribution >= 4 is 5.69 Å². The van der Waals surface area contributed by atoms with Gasteiger partial charge in [0.1, 0.15) is 12.4 Å². The normalized spacial score (nSPS) is 10.5.